The number of nitrogens with zero attached hydrogens (tertiary/aromatic N) is 1. The molecule has 0 saturated heterocycles. The molecule has 0 aromatic rings. The summed E-state index contributed by atoms with van der Waals surface area (Å²) < 4.78 is 5.90. The van der Waals surface area contributed by atoms with E-state index in [1.165, 1.54) is 51.4 Å². The number of nitrogens with one attached hydrogen (secondary N) is 1. The molecular weight excluding hydrogens is 484 g/mol. The Morgan fingerprint density at radius 2 is 1.87 bits per heavy atom. The number of ether oxygens (including phenoxy) is 1. The third-order valence-electron chi connectivity index (χ3n) is 12.0. The van der Waals surface area contributed by atoms with E-state index < -0.39 is 0 Å². The van der Waals surface area contributed by atoms with Crippen molar-refractivity contribution in [2.75, 3.05) is 33.3 Å². The standard InChI is InChI=1S/C34H60N2O3/c1-24(2)9-7-10-25(3)29-13-14-30-28-12-11-26-23-27(39-32(38)35-19-8-20-36(6)21-22-37)15-17-33(26,4)31(28)16-18-34(29,30)5/h11,24-25,27-31,37H,7-10,12-23H2,1-6H3,(H,35,38)/t25-,27?,28?,29-,30+,31+,33+,34-/m1/s1. The first kappa shape index (κ1) is 30.9. The van der Waals surface area contributed by atoms with Crippen molar-refractivity contribution in [1.29, 1.82) is 0 Å². The van der Waals surface area contributed by atoms with E-state index >= 15 is 0 Å². The van der Waals surface area contributed by atoms with E-state index in [1.54, 1.807) is 5.57 Å². The summed E-state index contributed by atoms with van der Waals surface area (Å²) in [7, 11) is 1.99. The van der Waals surface area contributed by atoms with Crippen LogP contribution in [0.15, 0.2) is 11.6 Å². The van der Waals surface area contributed by atoms with Crippen LogP contribution in [0.5, 0.6) is 0 Å². The summed E-state index contributed by atoms with van der Waals surface area (Å²) in [4.78, 5) is 14.6. The first-order chi connectivity index (χ1) is 18.6. The Balaban J connectivity index is 1.31. The molecule has 0 aromatic carbocycles. The Morgan fingerprint density at radius 1 is 1.08 bits per heavy atom. The molecule has 2 N–H and O–H groups in total. The molecule has 5 nitrogen and oxygen atoms in total. The third-order valence-corrected chi connectivity index (χ3v) is 12.0. The van der Waals surface area contributed by atoms with Gasteiger partial charge in [-0.15, -0.1) is 0 Å². The minimum Gasteiger partial charge on any atom is -0.446 e. The maximum Gasteiger partial charge on any atom is 0.407 e. The average molecular weight is 545 g/mol. The maximum absolute atomic E-state index is 12.5. The molecule has 0 aromatic heterocycles. The Labute approximate surface area is 239 Å². The number of aliphatic hydroxyl groups is 1. The fraction of sp³-hybridized carbons (Fsp3) is 0.912. The van der Waals surface area contributed by atoms with Crippen LogP contribution in [0.2, 0.25) is 0 Å². The Morgan fingerprint density at radius 3 is 2.62 bits per heavy atom. The lowest BCUT2D eigenvalue weighted by Crippen LogP contribution is -2.51. The zero-order chi connectivity index (χ0) is 28.2. The van der Waals surface area contributed by atoms with Crippen molar-refractivity contribution in [2.24, 2.45) is 46.3 Å². The van der Waals surface area contributed by atoms with E-state index in [4.69, 9.17) is 9.84 Å². The van der Waals surface area contributed by atoms with Crippen LogP contribution in [0, 0.1) is 46.3 Å². The van der Waals surface area contributed by atoms with E-state index in [0.717, 1.165) is 67.7 Å². The number of amides is 1. The second-order valence-corrected chi connectivity index (χ2v) is 14.9. The van der Waals surface area contributed by atoms with Crippen LogP contribution in [0.1, 0.15) is 112 Å². The number of carbonyl (C=O) groups is 1. The van der Waals surface area contributed by atoms with Gasteiger partial charge < -0.3 is 20.1 Å². The van der Waals surface area contributed by atoms with Crippen molar-refractivity contribution in [3.63, 3.8) is 0 Å². The predicted molar refractivity (Wildman–Crippen MR) is 161 cm³/mol. The van der Waals surface area contributed by atoms with Gasteiger partial charge in [-0.25, -0.2) is 4.79 Å². The zero-order valence-electron chi connectivity index (χ0n) is 26.1. The molecule has 0 aliphatic heterocycles. The van der Waals surface area contributed by atoms with Gasteiger partial charge in [-0.05, 0) is 111 Å². The fourth-order valence-corrected chi connectivity index (χ4v) is 9.77. The van der Waals surface area contributed by atoms with Crippen LogP contribution >= 0.6 is 0 Å². The molecule has 0 spiro atoms. The first-order valence-electron chi connectivity index (χ1n) is 16.5. The van der Waals surface area contributed by atoms with E-state index in [1.807, 2.05) is 7.05 Å². The van der Waals surface area contributed by atoms with E-state index in [9.17, 15) is 4.79 Å². The number of alkyl carbamates (subject to hydrolysis) is 1. The van der Waals surface area contributed by atoms with Gasteiger partial charge in [-0.3, -0.25) is 0 Å². The summed E-state index contributed by atoms with van der Waals surface area (Å²) in [5, 5.41) is 12.0. The number of hydrogen-bond acceptors (Lipinski definition) is 4. The molecule has 4 aliphatic rings. The van der Waals surface area contributed by atoms with Gasteiger partial charge >= 0.3 is 6.09 Å². The van der Waals surface area contributed by atoms with Crippen molar-refractivity contribution in [3.05, 3.63) is 11.6 Å². The molecule has 0 bridgehead atoms. The lowest BCUT2D eigenvalue weighted by atomic mass is 9.47. The van der Waals surface area contributed by atoms with Gasteiger partial charge in [-0.2, -0.15) is 0 Å². The van der Waals surface area contributed by atoms with Crippen molar-refractivity contribution in [3.8, 4) is 0 Å². The number of aliphatic hydroxyl groups excluding tert-OH is 1. The molecule has 224 valence electrons. The third kappa shape index (κ3) is 6.88. The van der Waals surface area contributed by atoms with Crippen molar-refractivity contribution in [1.82, 2.24) is 10.2 Å². The number of hydrogen-bond donors (Lipinski definition) is 2. The molecule has 0 radical (unpaired) electrons. The Hall–Kier alpha value is -1.07. The molecular formula is C34H60N2O3. The Bertz CT molecular complexity index is 842. The SMILES string of the molecule is CC(C)CCC[C@@H](C)[C@H]1CC[C@H]2C3CC=C4CC(OC(=O)NCCCN(C)CCO)CC[C@]4(C)[C@H]3CC[C@]12C. The second kappa shape index (κ2) is 13.3. The van der Waals surface area contributed by atoms with Crippen LogP contribution in [-0.2, 0) is 4.74 Å². The molecule has 1 amide bonds. The quantitative estimate of drug-likeness (QED) is 0.198. The molecule has 3 fully saturated rings. The monoisotopic (exact) mass is 544 g/mol. The number of fused-ring (bicyclic) bond motifs is 5. The average Bonchev–Trinajstić information content (AvgIpc) is 3.24. The Kier molecular flexibility index (Phi) is 10.5. The molecule has 3 saturated carbocycles. The van der Waals surface area contributed by atoms with Gasteiger partial charge in [0, 0.05) is 19.5 Å². The van der Waals surface area contributed by atoms with E-state index in [0.29, 0.717) is 23.9 Å². The lowest BCUT2D eigenvalue weighted by Gasteiger charge is -2.58. The van der Waals surface area contributed by atoms with Gasteiger partial charge in [0.1, 0.15) is 6.10 Å². The minimum atomic E-state index is -0.268. The summed E-state index contributed by atoms with van der Waals surface area (Å²) in [6.07, 6.45) is 17.4. The highest BCUT2D eigenvalue weighted by atomic mass is 16.6. The van der Waals surface area contributed by atoms with Crippen LogP contribution < -0.4 is 5.32 Å². The summed E-state index contributed by atoms with van der Waals surface area (Å²) >= 11 is 0. The zero-order valence-corrected chi connectivity index (χ0v) is 26.1. The second-order valence-electron chi connectivity index (χ2n) is 14.9. The van der Waals surface area contributed by atoms with Gasteiger partial charge in [0.25, 0.3) is 0 Å². The van der Waals surface area contributed by atoms with Crippen molar-refractivity contribution >= 4 is 6.09 Å². The summed E-state index contributed by atoms with van der Waals surface area (Å²) in [6.45, 7) is 14.8. The number of allylic oxidation sites excluding steroid dienone is 1. The van der Waals surface area contributed by atoms with E-state index in [2.05, 4.69) is 50.9 Å². The maximum atomic E-state index is 12.5. The van der Waals surface area contributed by atoms with Crippen molar-refractivity contribution < 1.29 is 14.6 Å². The number of carbonyl (C=O) groups excluding carboxylic acids is 1. The summed E-state index contributed by atoms with van der Waals surface area (Å²) in [5.74, 6) is 5.13. The molecule has 8 atom stereocenters. The first-order valence-corrected chi connectivity index (χ1v) is 16.5. The molecule has 5 heteroatoms. The molecule has 39 heavy (non-hydrogen) atoms. The largest absolute Gasteiger partial charge is 0.446 e. The summed E-state index contributed by atoms with van der Waals surface area (Å²) in [5.41, 5.74) is 2.41. The van der Waals surface area contributed by atoms with Crippen LogP contribution in [0.25, 0.3) is 0 Å². The topological polar surface area (TPSA) is 61.8 Å². The highest BCUT2D eigenvalue weighted by Gasteiger charge is 2.59. The van der Waals surface area contributed by atoms with Crippen LogP contribution in [-0.4, -0.2) is 55.5 Å². The van der Waals surface area contributed by atoms with Gasteiger partial charge in [-0.1, -0.05) is 65.5 Å². The highest BCUT2D eigenvalue weighted by molar-refractivity contribution is 5.67. The summed E-state index contributed by atoms with van der Waals surface area (Å²) in [6, 6.07) is 0. The van der Waals surface area contributed by atoms with Gasteiger partial charge in [0.05, 0.1) is 6.61 Å². The van der Waals surface area contributed by atoms with Gasteiger partial charge in [0.15, 0.2) is 0 Å². The highest BCUT2D eigenvalue weighted by Crippen LogP contribution is 2.67. The molecule has 0 heterocycles. The molecule has 2 unspecified atom stereocenters. The number of rotatable bonds is 12. The smallest absolute Gasteiger partial charge is 0.407 e. The fourth-order valence-electron chi connectivity index (χ4n) is 9.77. The van der Waals surface area contributed by atoms with E-state index in [-0.39, 0.29) is 18.8 Å². The minimum absolute atomic E-state index is 0.00865. The van der Waals surface area contributed by atoms with Gasteiger partial charge in [0.2, 0.25) is 0 Å². The lowest BCUT2D eigenvalue weighted by molar-refractivity contribution is -0.0581. The van der Waals surface area contributed by atoms with Crippen LogP contribution in [0.3, 0.4) is 0 Å². The van der Waals surface area contributed by atoms with Crippen molar-refractivity contribution in [2.45, 2.75) is 118 Å². The predicted octanol–water partition coefficient (Wildman–Crippen LogP) is 7.44. The molecule has 4 rings (SSSR count). The van der Waals surface area contributed by atoms with Crippen LogP contribution in [0.4, 0.5) is 4.79 Å². The number of likely N-dealkylation sites (N-methyl/N-ethyl adjacent to an activating group) is 1. The normalized spacial score (nSPS) is 36.6. The molecule has 4 aliphatic carbocycles.